The van der Waals surface area contributed by atoms with Crippen LogP contribution in [0.5, 0.6) is 0 Å². The zero-order valence-electron chi connectivity index (χ0n) is 11.5. The monoisotopic (exact) mass is 247 g/mol. The second-order valence-corrected chi connectivity index (χ2v) is 5.66. The first kappa shape index (κ1) is 13.4. The fourth-order valence-corrected chi connectivity index (χ4v) is 2.55. The molecule has 100 valence electrons. The highest BCUT2D eigenvalue weighted by atomic mass is 16.2. The van der Waals surface area contributed by atoms with Gasteiger partial charge in [0.25, 0.3) is 0 Å². The van der Waals surface area contributed by atoms with Gasteiger partial charge in [0.15, 0.2) is 0 Å². The lowest BCUT2D eigenvalue weighted by Crippen LogP contribution is -2.29. The van der Waals surface area contributed by atoms with Crippen molar-refractivity contribution in [1.82, 2.24) is 4.90 Å². The van der Waals surface area contributed by atoms with Gasteiger partial charge in [-0.1, -0.05) is 25.7 Å². The lowest BCUT2D eigenvalue weighted by atomic mass is 10.1. The summed E-state index contributed by atoms with van der Waals surface area (Å²) in [4.78, 5) is 13.8. The van der Waals surface area contributed by atoms with E-state index in [1.54, 1.807) is 6.20 Å². The molecule has 0 bridgehead atoms. The number of amides is 1. The van der Waals surface area contributed by atoms with Gasteiger partial charge in [-0.2, -0.15) is 0 Å². The van der Waals surface area contributed by atoms with Crippen LogP contribution in [0.1, 0.15) is 45.4 Å². The van der Waals surface area contributed by atoms with Crippen molar-refractivity contribution in [3.8, 4) is 0 Å². The molecule has 2 aliphatic carbocycles. The van der Waals surface area contributed by atoms with Crippen LogP contribution in [0.3, 0.4) is 0 Å². The summed E-state index contributed by atoms with van der Waals surface area (Å²) in [6, 6.07) is 0. The van der Waals surface area contributed by atoms with Crippen molar-refractivity contribution >= 4 is 5.91 Å². The van der Waals surface area contributed by atoms with Gasteiger partial charge in [-0.25, -0.2) is 0 Å². The zero-order valence-corrected chi connectivity index (χ0v) is 11.5. The Kier molecular flexibility index (Phi) is 4.62. The maximum atomic E-state index is 11.9. The molecule has 0 heterocycles. The molecule has 0 saturated heterocycles. The second-order valence-electron chi connectivity index (χ2n) is 5.66. The Morgan fingerprint density at radius 3 is 2.72 bits per heavy atom. The van der Waals surface area contributed by atoms with Gasteiger partial charge in [-0.05, 0) is 56.6 Å². The molecule has 0 radical (unpaired) electrons. The van der Waals surface area contributed by atoms with Crippen molar-refractivity contribution in [2.24, 2.45) is 17.8 Å². The van der Waals surface area contributed by atoms with Crippen molar-refractivity contribution in [2.75, 3.05) is 6.54 Å². The van der Waals surface area contributed by atoms with Gasteiger partial charge in [-0.3, -0.25) is 4.79 Å². The van der Waals surface area contributed by atoms with E-state index in [1.165, 1.54) is 19.3 Å². The number of rotatable bonds is 8. The van der Waals surface area contributed by atoms with Crippen molar-refractivity contribution in [3.05, 3.63) is 24.9 Å². The zero-order chi connectivity index (χ0) is 13.0. The third-order valence-corrected chi connectivity index (χ3v) is 4.04. The number of nitrogens with zero attached hydrogens (tertiary/aromatic N) is 1. The number of allylic oxidation sites excluding steroid dienone is 2. The first-order valence-electron chi connectivity index (χ1n) is 7.34. The molecule has 2 heteroatoms. The predicted molar refractivity (Wildman–Crippen MR) is 74.9 cm³/mol. The quantitative estimate of drug-likeness (QED) is 0.598. The first-order valence-corrected chi connectivity index (χ1v) is 7.34. The highest BCUT2D eigenvalue weighted by Crippen LogP contribution is 2.43. The van der Waals surface area contributed by atoms with Crippen molar-refractivity contribution in [3.63, 3.8) is 0 Å². The summed E-state index contributed by atoms with van der Waals surface area (Å²) in [6.45, 7) is 6.85. The number of hydrogen-bond donors (Lipinski definition) is 0. The molecule has 0 N–H and O–H groups in total. The molecule has 2 aliphatic rings. The molecule has 2 saturated carbocycles. The third kappa shape index (κ3) is 3.72. The topological polar surface area (TPSA) is 20.3 Å². The van der Waals surface area contributed by atoms with Crippen LogP contribution in [0.15, 0.2) is 24.9 Å². The van der Waals surface area contributed by atoms with Gasteiger partial charge in [0.05, 0.1) is 0 Å². The average molecular weight is 247 g/mol. The Bertz CT molecular complexity index is 330. The SMILES string of the molecule is C=CN(CC1CC1CC/C=C\CC)C(=O)C1CC1. The predicted octanol–water partition coefficient (Wildman–Crippen LogP) is 3.75. The van der Waals surface area contributed by atoms with Crippen LogP contribution in [-0.4, -0.2) is 17.4 Å². The fraction of sp³-hybridized carbons (Fsp3) is 0.688. The molecule has 0 aromatic carbocycles. The van der Waals surface area contributed by atoms with Gasteiger partial charge in [0, 0.05) is 12.5 Å². The standard InChI is InChI=1S/C16H25NO/c1-3-5-6-7-8-14-11-15(14)12-17(4-2)16(18)13-9-10-13/h4-6,13-15H,2-3,7-12H2,1H3/b6-5-. The number of hydrogen-bond acceptors (Lipinski definition) is 1. The molecule has 0 aromatic heterocycles. The molecule has 0 spiro atoms. The summed E-state index contributed by atoms with van der Waals surface area (Å²) < 4.78 is 0. The maximum absolute atomic E-state index is 11.9. The van der Waals surface area contributed by atoms with E-state index < -0.39 is 0 Å². The van der Waals surface area contributed by atoms with Gasteiger partial charge in [0.1, 0.15) is 0 Å². The Labute approximate surface area is 111 Å². The van der Waals surface area contributed by atoms with Crippen LogP contribution in [-0.2, 0) is 4.79 Å². The normalized spacial score (nSPS) is 26.3. The van der Waals surface area contributed by atoms with Crippen LogP contribution in [0.25, 0.3) is 0 Å². The molecular formula is C16H25NO. The van der Waals surface area contributed by atoms with Gasteiger partial charge >= 0.3 is 0 Å². The summed E-state index contributed by atoms with van der Waals surface area (Å²) >= 11 is 0. The summed E-state index contributed by atoms with van der Waals surface area (Å²) in [6.07, 6.45) is 13.3. The highest BCUT2D eigenvalue weighted by Gasteiger charge is 2.40. The summed E-state index contributed by atoms with van der Waals surface area (Å²) in [5, 5.41) is 0. The summed E-state index contributed by atoms with van der Waals surface area (Å²) in [7, 11) is 0. The van der Waals surface area contributed by atoms with Crippen LogP contribution < -0.4 is 0 Å². The molecule has 2 atom stereocenters. The number of carbonyl (C=O) groups is 1. The molecule has 18 heavy (non-hydrogen) atoms. The van der Waals surface area contributed by atoms with E-state index in [-0.39, 0.29) is 0 Å². The van der Waals surface area contributed by atoms with Gasteiger partial charge < -0.3 is 4.90 Å². The molecule has 1 amide bonds. The van der Waals surface area contributed by atoms with E-state index in [0.29, 0.717) is 11.8 Å². The van der Waals surface area contributed by atoms with Crippen molar-refractivity contribution in [1.29, 1.82) is 0 Å². The molecule has 2 nitrogen and oxygen atoms in total. The Morgan fingerprint density at radius 2 is 2.11 bits per heavy atom. The lowest BCUT2D eigenvalue weighted by Gasteiger charge is -2.17. The van der Waals surface area contributed by atoms with Crippen molar-refractivity contribution < 1.29 is 4.79 Å². The average Bonchev–Trinajstić information content (AvgIpc) is 3.26. The van der Waals surface area contributed by atoms with E-state index in [1.807, 2.05) is 4.90 Å². The van der Waals surface area contributed by atoms with E-state index in [0.717, 1.165) is 37.6 Å². The fourth-order valence-electron chi connectivity index (χ4n) is 2.55. The molecule has 2 rings (SSSR count). The van der Waals surface area contributed by atoms with E-state index in [2.05, 4.69) is 25.7 Å². The van der Waals surface area contributed by atoms with Crippen LogP contribution in [0.4, 0.5) is 0 Å². The Hall–Kier alpha value is -1.05. The minimum atomic E-state index is 0.307. The van der Waals surface area contributed by atoms with E-state index in [9.17, 15) is 4.79 Å². The molecule has 0 aliphatic heterocycles. The molecule has 2 unspecified atom stereocenters. The van der Waals surface area contributed by atoms with Gasteiger partial charge in [-0.15, -0.1) is 0 Å². The molecule has 2 fully saturated rings. The maximum Gasteiger partial charge on any atom is 0.229 e. The van der Waals surface area contributed by atoms with Gasteiger partial charge in [0.2, 0.25) is 5.91 Å². The lowest BCUT2D eigenvalue weighted by molar-refractivity contribution is -0.130. The summed E-state index contributed by atoms with van der Waals surface area (Å²) in [5.41, 5.74) is 0. The highest BCUT2D eigenvalue weighted by molar-refractivity contribution is 5.81. The minimum Gasteiger partial charge on any atom is -0.319 e. The molecular weight excluding hydrogens is 222 g/mol. The second kappa shape index (κ2) is 6.21. The smallest absolute Gasteiger partial charge is 0.229 e. The Morgan fingerprint density at radius 1 is 1.33 bits per heavy atom. The van der Waals surface area contributed by atoms with Crippen LogP contribution in [0.2, 0.25) is 0 Å². The summed E-state index contributed by atoms with van der Waals surface area (Å²) in [5.74, 6) is 2.18. The third-order valence-electron chi connectivity index (χ3n) is 4.04. The first-order chi connectivity index (χ1) is 8.76. The Balaban J connectivity index is 1.66. The number of carbonyl (C=O) groups excluding carboxylic acids is 1. The van der Waals surface area contributed by atoms with Crippen LogP contribution in [0, 0.1) is 17.8 Å². The van der Waals surface area contributed by atoms with E-state index in [4.69, 9.17) is 0 Å². The van der Waals surface area contributed by atoms with Crippen molar-refractivity contribution in [2.45, 2.75) is 45.4 Å². The minimum absolute atomic E-state index is 0.307. The van der Waals surface area contributed by atoms with Crippen LogP contribution >= 0.6 is 0 Å². The molecule has 0 aromatic rings. The van der Waals surface area contributed by atoms with E-state index >= 15 is 0 Å². The largest absolute Gasteiger partial charge is 0.319 e.